The molecule has 0 unspecified atom stereocenters. The number of amides is 1. The van der Waals surface area contributed by atoms with Gasteiger partial charge in [0.2, 0.25) is 11.9 Å². The van der Waals surface area contributed by atoms with E-state index in [1.807, 2.05) is 6.92 Å². The fourth-order valence-corrected chi connectivity index (χ4v) is 1.25. The van der Waals surface area contributed by atoms with Crippen LogP contribution in [0.3, 0.4) is 0 Å². The van der Waals surface area contributed by atoms with E-state index in [2.05, 4.69) is 26.0 Å². The minimum Gasteiger partial charge on any atom is -0.366 e. The third-order valence-corrected chi connectivity index (χ3v) is 2.41. The van der Waals surface area contributed by atoms with Crippen LogP contribution < -0.4 is 5.73 Å². The zero-order chi connectivity index (χ0) is 10.7. The summed E-state index contributed by atoms with van der Waals surface area (Å²) >= 11 is 3.16. The zero-order valence-electron chi connectivity index (χ0n) is 8.07. The van der Waals surface area contributed by atoms with Gasteiger partial charge in [-0.05, 0) is 22.9 Å². The van der Waals surface area contributed by atoms with E-state index >= 15 is 0 Å². The molecule has 0 bridgehead atoms. The quantitative estimate of drug-likeness (QED) is 0.838. The Kier molecular flexibility index (Phi) is 3.45. The van der Waals surface area contributed by atoms with Crippen LogP contribution in [0, 0.1) is 0 Å². The SMILES string of the molecule is CCN(C)C(=O)Cn1nc(N)nc1Br. The highest BCUT2D eigenvalue weighted by Crippen LogP contribution is 2.07. The van der Waals surface area contributed by atoms with Gasteiger partial charge in [-0.3, -0.25) is 4.79 Å². The molecule has 1 aromatic heterocycles. The first-order valence-corrected chi connectivity index (χ1v) is 4.93. The number of rotatable bonds is 3. The van der Waals surface area contributed by atoms with Gasteiger partial charge in [0.25, 0.3) is 0 Å². The van der Waals surface area contributed by atoms with E-state index in [4.69, 9.17) is 5.73 Å². The zero-order valence-corrected chi connectivity index (χ0v) is 9.65. The monoisotopic (exact) mass is 261 g/mol. The molecule has 2 N–H and O–H groups in total. The van der Waals surface area contributed by atoms with Crippen molar-refractivity contribution in [3.63, 3.8) is 0 Å². The van der Waals surface area contributed by atoms with Gasteiger partial charge in [0.15, 0.2) is 4.73 Å². The number of hydrogen-bond acceptors (Lipinski definition) is 4. The highest BCUT2D eigenvalue weighted by molar-refractivity contribution is 9.10. The Hall–Kier alpha value is -1.11. The van der Waals surface area contributed by atoms with Gasteiger partial charge in [0.1, 0.15) is 6.54 Å². The molecule has 14 heavy (non-hydrogen) atoms. The average molecular weight is 262 g/mol. The first kappa shape index (κ1) is 11.0. The van der Waals surface area contributed by atoms with E-state index in [0.29, 0.717) is 11.3 Å². The van der Waals surface area contributed by atoms with Crippen molar-refractivity contribution >= 4 is 27.8 Å². The lowest BCUT2D eigenvalue weighted by Gasteiger charge is -2.13. The number of anilines is 1. The van der Waals surface area contributed by atoms with E-state index in [1.165, 1.54) is 4.68 Å². The van der Waals surface area contributed by atoms with Gasteiger partial charge >= 0.3 is 0 Å². The molecule has 7 heteroatoms. The summed E-state index contributed by atoms with van der Waals surface area (Å²) < 4.78 is 1.89. The Morgan fingerprint density at radius 2 is 2.36 bits per heavy atom. The van der Waals surface area contributed by atoms with Crippen LogP contribution in [0.4, 0.5) is 5.95 Å². The second-order valence-corrected chi connectivity index (χ2v) is 3.51. The molecule has 78 valence electrons. The first-order valence-electron chi connectivity index (χ1n) is 4.14. The minimum atomic E-state index is -0.0295. The largest absolute Gasteiger partial charge is 0.366 e. The van der Waals surface area contributed by atoms with Crippen molar-refractivity contribution < 1.29 is 4.79 Å². The molecule has 0 saturated heterocycles. The normalized spacial score (nSPS) is 10.2. The number of carbonyl (C=O) groups is 1. The summed E-state index contributed by atoms with van der Waals surface area (Å²) in [6, 6.07) is 0. The second-order valence-electron chi connectivity index (χ2n) is 2.80. The third-order valence-electron chi connectivity index (χ3n) is 1.83. The molecule has 0 saturated carbocycles. The van der Waals surface area contributed by atoms with E-state index < -0.39 is 0 Å². The van der Waals surface area contributed by atoms with Crippen molar-refractivity contribution in [1.29, 1.82) is 0 Å². The molecule has 1 aromatic rings. The number of nitrogen functional groups attached to an aromatic ring is 1. The Morgan fingerprint density at radius 1 is 1.71 bits per heavy atom. The summed E-state index contributed by atoms with van der Waals surface area (Å²) in [6.07, 6.45) is 0. The molecule has 0 aliphatic heterocycles. The van der Waals surface area contributed by atoms with Gasteiger partial charge in [0.05, 0.1) is 0 Å². The first-order chi connectivity index (χ1) is 6.54. The molecule has 1 heterocycles. The molecular formula is C7H12BrN5O. The lowest BCUT2D eigenvalue weighted by atomic mass is 10.5. The summed E-state index contributed by atoms with van der Waals surface area (Å²) in [6.45, 7) is 2.72. The third kappa shape index (κ3) is 2.44. The van der Waals surface area contributed by atoms with Crippen molar-refractivity contribution in [1.82, 2.24) is 19.7 Å². The van der Waals surface area contributed by atoms with Gasteiger partial charge in [-0.1, -0.05) is 0 Å². The van der Waals surface area contributed by atoms with Crippen molar-refractivity contribution in [2.24, 2.45) is 0 Å². The molecular weight excluding hydrogens is 250 g/mol. The Labute approximate surface area is 90.2 Å². The van der Waals surface area contributed by atoms with Crippen LogP contribution in [-0.2, 0) is 11.3 Å². The standard InChI is InChI=1S/C7H12BrN5O/c1-3-12(2)5(14)4-13-6(8)10-7(9)11-13/h3-4H2,1-2H3,(H2,9,11). The van der Waals surface area contributed by atoms with Crippen molar-refractivity contribution in [2.45, 2.75) is 13.5 Å². The number of carbonyl (C=O) groups excluding carboxylic acids is 1. The predicted octanol–water partition coefficient (Wildman–Crippen LogP) is 0.101. The Morgan fingerprint density at radius 3 is 2.79 bits per heavy atom. The molecule has 0 aromatic carbocycles. The number of likely N-dealkylation sites (N-methyl/N-ethyl adjacent to an activating group) is 1. The van der Waals surface area contributed by atoms with E-state index in [1.54, 1.807) is 11.9 Å². The molecule has 0 aliphatic rings. The minimum absolute atomic E-state index is 0.0295. The lowest BCUT2D eigenvalue weighted by molar-refractivity contribution is -0.130. The lowest BCUT2D eigenvalue weighted by Crippen LogP contribution is -2.30. The van der Waals surface area contributed by atoms with E-state index in [0.717, 1.165) is 0 Å². The van der Waals surface area contributed by atoms with Crippen molar-refractivity contribution in [2.75, 3.05) is 19.3 Å². The Bertz CT molecular complexity index is 337. The van der Waals surface area contributed by atoms with E-state index in [9.17, 15) is 4.79 Å². The molecule has 0 fully saturated rings. The molecule has 0 spiro atoms. The molecule has 1 amide bonds. The summed E-state index contributed by atoms with van der Waals surface area (Å²) in [4.78, 5) is 16.9. The topological polar surface area (TPSA) is 77.0 Å². The number of halogens is 1. The number of aromatic nitrogens is 3. The van der Waals surface area contributed by atoms with E-state index in [-0.39, 0.29) is 18.4 Å². The smallest absolute Gasteiger partial charge is 0.244 e. The average Bonchev–Trinajstić information content (AvgIpc) is 2.44. The fraction of sp³-hybridized carbons (Fsp3) is 0.571. The summed E-state index contributed by atoms with van der Waals surface area (Å²) in [5.41, 5.74) is 5.37. The molecule has 6 nitrogen and oxygen atoms in total. The maximum Gasteiger partial charge on any atom is 0.244 e. The van der Waals surface area contributed by atoms with Gasteiger partial charge in [0, 0.05) is 13.6 Å². The van der Waals surface area contributed by atoms with Crippen LogP contribution in [-0.4, -0.2) is 39.2 Å². The van der Waals surface area contributed by atoms with Crippen molar-refractivity contribution in [3.05, 3.63) is 4.73 Å². The van der Waals surface area contributed by atoms with Crippen LogP contribution in [0.25, 0.3) is 0 Å². The maximum absolute atomic E-state index is 11.5. The summed E-state index contributed by atoms with van der Waals surface area (Å²) in [5.74, 6) is 0.127. The number of nitrogens with zero attached hydrogens (tertiary/aromatic N) is 4. The van der Waals surface area contributed by atoms with Gasteiger partial charge < -0.3 is 10.6 Å². The maximum atomic E-state index is 11.5. The summed E-state index contributed by atoms with van der Waals surface area (Å²) in [7, 11) is 1.73. The number of hydrogen-bond donors (Lipinski definition) is 1. The molecule has 0 atom stereocenters. The molecule has 0 radical (unpaired) electrons. The summed E-state index contributed by atoms with van der Waals surface area (Å²) in [5, 5.41) is 3.86. The molecule has 0 aliphatic carbocycles. The van der Waals surface area contributed by atoms with Gasteiger partial charge in [-0.15, -0.1) is 5.10 Å². The van der Waals surface area contributed by atoms with Crippen LogP contribution >= 0.6 is 15.9 Å². The predicted molar refractivity (Wildman–Crippen MR) is 55.4 cm³/mol. The van der Waals surface area contributed by atoms with Gasteiger partial charge in [-0.2, -0.15) is 4.98 Å². The highest BCUT2D eigenvalue weighted by atomic mass is 79.9. The Balaban J connectivity index is 2.69. The van der Waals surface area contributed by atoms with Crippen LogP contribution in [0.15, 0.2) is 4.73 Å². The number of nitrogens with two attached hydrogens (primary N) is 1. The fourth-order valence-electron chi connectivity index (χ4n) is 0.865. The van der Waals surface area contributed by atoms with Crippen molar-refractivity contribution in [3.8, 4) is 0 Å². The second kappa shape index (κ2) is 4.41. The van der Waals surface area contributed by atoms with Gasteiger partial charge in [-0.25, -0.2) is 4.68 Å². The van der Waals surface area contributed by atoms with Crippen LogP contribution in [0.1, 0.15) is 6.92 Å². The van der Waals surface area contributed by atoms with Crippen LogP contribution in [0.2, 0.25) is 0 Å². The van der Waals surface area contributed by atoms with Crippen LogP contribution in [0.5, 0.6) is 0 Å². The molecule has 1 rings (SSSR count). The highest BCUT2D eigenvalue weighted by Gasteiger charge is 2.11.